The Labute approximate surface area is 139 Å². The molecule has 1 N–H and O–H groups in total. The van der Waals surface area contributed by atoms with Gasteiger partial charge in [0.25, 0.3) is 0 Å². The number of benzene rings is 1. The van der Waals surface area contributed by atoms with Gasteiger partial charge in [-0.3, -0.25) is 4.79 Å². The maximum absolute atomic E-state index is 12.5. The van der Waals surface area contributed by atoms with E-state index in [1.165, 1.54) is 0 Å². The lowest BCUT2D eigenvalue weighted by atomic mass is 9.84. The zero-order valence-corrected chi connectivity index (χ0v) is 13.3. The lowest BCUT2D eigenvalue weighted by Crippen LogP contribution is -2.22. The summed E-state index contributed by atoms with van der Waals surface area (Å²) in [5.41, 5.74) is 3.10. The van der Waals surface area contributed by atoms with Crippen LogP contribution in [-0.2, 0) is 6.42 Å². The maximum Gasteiger partial charge on any atom is 0.227 e. The summed E-state index contributed by atoms with van der Waals surface area (Å²) in [7, 11) is 0. The first-order chi connectivity index (χ1) is 11.7. The third-order valence-electron chi connectivity index (χ3n) is 4.29. The highest BCUT2D eigenvalue weighted by molar-refractivity contribution is 5.99. The number of aryl methyl sites for hydroxylation is 1. The molecule has 2 heterocycles. The van der Waals surface area contributed by atoms with Crippen LogP contribution in [0.2, 0.25) is 0 Å². The number of nitrogens with one attached hydrogen (secondary N) is 1. The first-order valence-electron chi connectivity index (χ1n) is 7.97. The third kappa shape index (κ3) is 2.69. The van der Waals surface area contributed by atoms with Gasteiger partial charge in [-0.25, -0.2) is 9.97 Å². The molecular formula is C19H17N3O2. The van der Waals surface area contributed by atoms with E-state index in [2.05, 4.69) is 15.3 Å². The zero-order chi connectivity index (χ0) is 16.5. The summed E-state index contributed by atoms with van der Waals surface area (Å²) < 4.78 is 5.48. The minimum absolute atomic E-state index is 0.0406. The van der Waals surface area contributed by atoms with Crippen molar-refractivity contribution in [3.8, 4) is 0 Å². The Morgan fingerprint density at radius 2 is 1.92 bits per heavy atom. The fraction of sp³-hybridized carbons (Fsp3) is 0.211. The average Bonchev–Trinajstić information content (AvgIpc) is 3.09. The highest BCUT2D eigenvalue weighted by atomic mass is 16.3. The van der Waals surface area contributed by atoms with Crippen molar-refractivity contribution in [3.63, 3.8) is 0 Å². The van der Waals surface area contributed by atoms with Crippen molar-refractivity contribution in [3.05, 3.63) is 71.4 Å². The van der Waals surface area contributed by atoms with E-state index in [1.54, 1.807) is 6.26 Å². The van der Waals surface area contributed by atoms with Crippen LogP contribution < -0.4 is 5.32 Å². The molecule has 0 unspecified atom stereocenters. The molecule has 1 aromatic carbocycles. The molecule has 120 valence electrons. The van der Waals surface area contributed by atoms with E-state index < -0.39 is 0 Å². The molecule has 0 saturated heterocycles. The molecule has 2 aromatic heterocycles. The molecule has 5 heteroatoms. The molecule has 4 rings (SSSR count). The number of carbonyl (C=O) groups is 1. The average molecular weight is 319 g/mol. The number of nitrogens with zero attached hydrogens (tertiary/aromatic N) is 2. The molecule has 0 radical (unpaired) electrons. The molecule has 0 bridgehead atoms. The summed E-state index contributed by atoms with van der Waals surface area (Å²) in [5, 5.41) is 3.20. The van der Waals surface area contributed by atoms with Crippen LogP contribution in [0.15, 0.2) is 53.1 Å². The molecule has 5 nitrogen and oxygen atoms in total. The number of ketones is 1. The van der Waals surface area contributed by atoms with E-state index in [1.807, 2.05) is 49.4 Å². The summed E-state index contributed by atoms with van der Waals surface area (Å²) in [4.78, 5) is 21.6. The van der Waals surface area contributed by atoms with E-state index in [0.717, 1.165) is 22.8 Å². The summed E-state index contributed by atoms with van der Waals surface area (Å²) in [5.74, 6) is 1.48. The van der Waals surface area contributed by atoms with Gasteiger partial charge in [0, 0.05) is 24.4 Å². The fourth-order valence-electron chi connectivity index (χ4n) is 3.21. The number of furan rings is 1. The Hall–Kier alpha value is -2.95. The van der Waals surface area contributed by atoms with Gasteiger partial charge in [-0.15, -0.1) is 0 Å². The smallest absolute Gasteiger partial charge is 0.227 e. The van der Waals surface area contributed by atoms with E-state index in [0.29, 0.717) is 24.4 Å². The Morgan fingerprint density at radius 1 is 1.08 bits per heavy atom. The largest absolute Gasteiger partial charge is 0.469 e. The van der Waals surface area contributed by atoms with Crippen LogP contribution in [0.3, 0.4) is 0 Å². The van der Waals surface area contributed by atoms with Crippen molar-refractivity contribution < 1.29 is 9.21 Å². The molecule has 1 aliphatic carbocycles. The van der Waals surface area contributed by atoms with E-state index in [9.17, 15) is 4.79 Å². The molecule has 0 spiro atoms. The predicted molar refractivity (Wildman–Crippen MR) is 90.6 cm³/mol. The number of Topliss-reactive ketones (excluding diaryl/α,β-unsaturated/α-hetero) is 1. The first-order valence-corrected chi connectivity index (χ1v) is 7.97. The van der Waals surface area contributed by atoms with Crippen molar-refractivity contribution in [1.82, 2.24) is 9.97 Å². The molecule has 1 atom stereocenters. The van der Waals surface area contributed by atoms with Crippen LogP contribution in [0.1, 0.15) is 39.8 Å². The second-order valence-corrected chi connectivity index (χ2v) is 5.99. The minimum atomic E-state index is 0.0406. The quantitative estimate of drug-likeness (QED) is 0.789. The van der Waals surface area contributed by atoms with Gasteiger partial charge in [0.2, 0.25) is 5.95 Å². The maximum atomic E-state index is 12.5. The Bertz CT molecular complexity index is 873. The number of fused-ring (bicyclic) bond motifs is 1. The van der Waals surface area contributed by atoms with Gasteiger partial charge in [0.15, 0.2) is 5.78 Å². The topological polar surface area (TPSA) is 68.0 Å². The molecule has 0 saturated carbocycles. The van der Waals surface area contributed by atoms with Crippen LogP contribution in [0.4, 0.5) is 11.6 Å². The van der Waals surface area contributed by atoms with Gasteiger partial charge in [0.1, 0.15) is 5.76 Å². The lowest BCUT2D eigenvalue weighted by Gasteiger charge is -2.23. The highest BCUT2D eigenvalue weighted by Gasteiger charge is 2.31. The normalized spacial score (nSPS) is 16.7. The molecule has 24 heavy (non-hydrogen) atoms. The number of hydrogen-bond acceptors (Lipinski definition) is 5. The predicted octanol–water partition coefficient (Wildman–Crippen LogP) is 4.03. The fourth-order valence-corrected chi connectivity index (χ4v) is 3.21. The second-order valence-electron chi connectivity index (χ2n) is 5.99. The number of anilines is 2. The van der Waals surface area contributed by atoms with Crippen molar-refractivity contribution in [1.29, 1.82) is 0 Å². The van der Waals surface area contributed by atoms with Crippen LogP contribution in [0, 0.1) is 6.92 Å². The van der Waals surface area contributed by atoms with Crippen LogP contribution >= 0.6 is 0 Å². The van der Waals surface area contributed by atoms with E-state index >= 15 is 0 Å². The molecule has 0 amide bonds. The summed E-state index contributed by atoms with van der Waals surface area (Å²) in [6.45, 7) is 1.86. The number of hydrogen-bond donors (Lipinski definition) is 1. The van der Waals surface area contributed by atoms with Gasteiger partial charge < -0.3 is 9.73 Å². The number of para-hydroxylation sites is 1. The van der Waals surface area contributed by atoms with Crippen molar-refractivity contribution in [2.24, 2.45) is 0 Å². The monoisotopic (exact) mass is 319 g/mol. The molecule has 3 aromatic rings. The number of aromatic nitrogens is 2. The Balaban J connectivity index is 1.68. The summed E-state index contributed by atoms with van der Waals surface area (Å²) >= 11 is 0. The molecular weight excluding hydrogens is 302 g/mol. The minimum Gasteiger partial charge on any atom is -0.469 e. The van der Waals surface area contributed by atoms with Crippen LogP contribution in [0.5, 0.6) is 0 Å². The highest BCUT2D eigenvalue weighted by Crippen LogP contribution is 2.33. The van der Waals surface area contributed by atoms with Gasteiger partial charge in [-0.05, 0) is 31.2 Å². The van der Waals surface area contributed by atoms with Crippen molar-refractivity contribution in [2.45, 2.75) is 25.7 Å². The molecule has 1 aliphatic rings. The van der Waals surface area contributed by atoms with Gasteiger partial charge in [-0.1, -0.05) is 18.2 Å². The van der Waals surface area contributed by atoms with Crippen LogP contribution in [0.25, 0.3) is 0 Å². The molecule has 0 fully saturated rings. The lowest BCUT2D eigenvalue weighted by molar-refractivity contribution is 0.0958. The van der Waals surface area contributed by atoms with E-state index in [-0.39, 0.29) is 11.7 Å². The number of carbonyl (C=O) groups excluding carboxylic acids is 1. The second kappa shape index (κ2) is 5.92. The zero-order valence-electron chi connectivity index (χ0n) is 13.3. The van der Waals surface area contributed by atoms with Gasteiger partial charge >= 0.3 is 0 Å². The summed E-state index contributed by atoms with van der Waals surface area (Å²) in [6.07, 6.45) is 2.76. The first kappa shape index (κ1) is 14.6. The Kier molecular flexibility index (Phi) is 3.61. The van der Waals surface area contributed by atoms with Crippen molar-refractivity contribution >= 4 is 17.4 Å². The number of rotatable bonds is 3. The Morgan fingerprint density at radius 3 is 2.67 bits per heavy atom. The SMILES string of the molecule is Cc1nc(Nc2ccccc2)nc2c1C(=O)C[C@H](c1ccco1)C2. The van der Waals surface area contributed by atoms with Gasteiger partial charge in [-0.2, -0.15) is 0 Å². The van der Waals surface area contributed by atoms with Crippen LogP contribution in [-0.4, -0.2) is 15.8 Å². The summed E-state index contributed by atoms with van der Waals surface area (Å²) in [6, 6.07) is 13.5. The molecule has 0 aliphatic heterocycles. The van der Waals surface area contributed by atoms with Crippen molar-refractivity contribution in [2.75, 3.05) is 5.32 Å². The standard InChI is InChI=1S/C19H17N3O2/c1-12-18-15(10-13(11-16(18)23)17-8-5-9-24-17)22-19(20-12)21-14-6-3-2-4-7-14/h2-9,13H,10-11H2,1H3,(H,20,21,22)/t13-/m1/s1. The van der Waals surface area contributed by atoms with E-state index in [4.69, 9.17) is 4.42 Å². The van der Waals surface area contributed by atoms with Gasteiger partial charge in [0.05, 0.1) is 23.2 Å². The third-order valence-corrected chi connectivity index (χ3v) is 4.29.